The monoisotopic (exact) mass is 851 g/mol. The van der Waals surface area contributed by atoms with Crippen molar-refractivity contribution in [2.45, 2.75) is 0 Å². The number of para-hydroxylation sites is 2. The summed E-state index contributed by atoms with van der Waals surface area (Å²) in [5.41, 5.74) is 10.1. The van der Waals surface area contributed by atoms with Crippen LogP contribution in [-0.4, -0.2) is 24.1 Å². The molecule has 298 valence electrons. The van der Waals surface area contributed by atoms with Gasteiger partial charge < -0.3 is 0 Å². The van der Waals surface area contributed by atoms with Crippen LogP contribution in [0.15, 0.2) is 200 Å². The Hall–Kier alpha value is -7.97. The number of pyridine rings is 1. The van der Waals surface area contributed by atoms with Crippen LogP contribution < -0.4 is 0 Å². The van der Waals surface area contributed by atoms with Gasteiger partial charge in [-0.15, -0.1) is 22.7 Å². The number of nitrogens with zero attached hydrogens (tertiary/aromatic N) is 5. The van der Waals surface area contributed by atoms with Gasteiger partial charge in [-0.3, -0.25) is 9.13 Å². The van der Waals surface area contributed by atoms with E-state index in [0.29, 0.717) is 5.95 Å². The second-order valence-corrected chi connectivity index (χ2v) is 18.5. The second-order valence-electron chi connectivity index (χ2n) is 16.4. The van der Waals surface area contributed by atoms with Crippen LogP contribution in [0.3, 0.4) is 0 Å². The number of rotatable bonds is 5. The Morgan fingerprint density at radius 2 is 0.875 bits per heavy atom. The van der Waals surface area contributed by atoms with Gasteiger partial charge in [-0.1, -0.05) is 127 Å². The molecule has 6 aromatic heterocycles. The number of thiophene rings is 2. The molecule has 0 unspecified atom stereocenters. The van der Waals surface area contributed by atoms with Crippen LogP contribution in [0.25, 0.3) is 129 Å². The second kappa shape index (κ2) is 13.8. The fourth-order valence-electron chi connectivity index (χ4n) is 9.88. The number of benzene rings is 8. The first-order valence-electron chi connectivity index (χ1n) is 21.4. The molecule has 0 aliphatic heterocycles. The molecular weight excluding hydrogens is 819 g/mol. The smallest absolute Gasteiger partial charge is 0.235 e. The van der Waals surface area contributed by atoms with E-state index in [4.69, 9.17) is 15.0 Å². The van der Waals surface area contributed by atoms with Crippen LogP contribution in [0.2, 0.25) is 0 Å². The summed E-state index contributed by atoms with van der Waals surface area (Å²) in [6, 6.07) is 71.7. The Labute approximate surface area is 374 Å². The van der Waals surface area contributed by atoms with Crippen molar-refractivity contribution < 1.29 is 0 Å². The van der Waals surface area contributed by atoms with E-state index < -0.39 is 0 Å². The molecule has 0 aliphatic rings. The topological polar surface area (TPSA) is 48.5 Å². The predicted octanol–water partition coefficient (Wildman–Crippen LogP) is 15.8. The maximum Gasteiger partial charge on any atom is 0.235 e. The van der Waals surface area contributed by atoms with Gasteiger partial charge in [0.15, 0.2) is 0 Å². The summed E-state index contributed by atoms with van der Waals surface area (Å²) in [7, 11) is 0. The molecule has 0 N–H and O–H groups in total. The zero-order valence-corrected chi connectivity index (χ0v) is 35.7. The number of aromatic nitrogens is 5. The summed E-state index contributed by atoms with van der Waals surface area (Å²) in [5.74, 6) is 1.49. The van der Waals surface area contributed by atoms with E-state index >= 15 is 0 Å². The Kier molecular flexibility index (Phi) is 7.66. The molecule has 0 saturated carbocycles. The highest BCUT2D eigenvalue weighted by molar-refractivity contribution is 7.26. The minimum Gasteiger partial charge on any atom is -0.293 e. The lowest BCUT2D eigenvalue weighted by Crippen LogP contribution is -2.04. The highest BCUT2D eigenvalue weighted by Crippen LogP contribution is 2.43. The Balaban J connectivity index is 1.06. The van der Waals surface area contributed by atoms with Crippen LogP contribution in [0, 0.1) is 0 Å². The first kappa shape index (κ1) is 35.6. The van der Waals surface area contributed by atoms with Gasteiger partial charge in [-0.05, 0) is 72.8 Å². The first-order valence-corrected chi connectivity index (χ1v) is 23.1. The van der Waals surface area contributed by atoms with E-state index in [9.17, 15) is 0 Å². The third-order valence-corrected chi connectivity index (χ3v) is 15.1. The Morgan fingerprint density at radius 3 is 1.55 bits per heavy atom. The molecule has 7 heteroatoms. The van der Waals surface area contributed by atoms with Gasteiger partial charge in [-0.2, -0.15) is 0 Å². The van der Waals surface area contributed by atoms with Crippen molar-refractivity contribution in [2.75, 3.05) is 0 Å². The highest BCUT2D eigenvalue weighted by Gasteiger charge is 2.23. The van der Waals surface area contributed by atoms with Gasteiger partial charge >= 0.3 is 0 Å². The van der Waals surface area contributed by atoms with Gasteiger partial charge in [0.05, 0.1) is 39.1 Å². The summed E-state index contributed by atoms with van der Waals surface area (Å²) in [6.07, 6.45) is 0. The van der Waals surface area contributed by atoms with Gasteiger partial charge in [0.1, 0.15) is 5.82 Å². The molecule has 0 fully saturated rings. The molecule has 5 nitrogen and oxygen atoms in total. The molecule has 0 radical (unpaired) electrons. The van der Waals surface area contributed by atoms with Gasteiger partial charge in [0.25, 0.3) is 0 Å². The minimum absolute atomic E-state index is 0.621. The number of fused-ring (bicyclic) bond motifs is 13. The summed E-state index contributed by atoms with van der Waals surface area (Å²) < 4.78 is 9.71. The Morgan fingerprint density at radius 1 is 0.312 bits per heavy atom. The van der Waals surface area contributed by atoms with Gasteiger partial charge in [-0.25, -0.2) is 15.0 Å². The summed E-state index contributed by atoms with van der Waals surface area (Å²) in [5, 5.41) is 9.60. The molecule has 0 spiro atoms. The van der Waals surface area contributed by atoms with Crippen molar-refractivity contribution in [3.05, 3.63) is 200 Å². The van der Waals surface area contributed by atoms with E-state index in [1.165, 1.54) is 51.1 Å². The molecule has 14 rings (SSSR count). The molecule has 14 aromatic rings. The van der Waals surface area contributed by atoms with Crippen LogP contribution >= 0.6 is 22.7 Å². The number of hydrogen-bond acceptors (Lipinski definition) is 5. The van der Waals surface area contributed by atoms with Crippen LogP contribution in [0.1, 0.15) is 0 Å². The molecule has 0 aliphatic carbocycles. The van der Waals surface area contributed by atoms with Crippen molar-refractivity contribution in [2.24, 2.45) is 0 Å². The number of hydrogen-bond donors (Lipinski definition) is 0. The largest absolute Gasteiger partial charge is 0.293 e. The van der Waals surface area contributed by atoms with Gasteiger partial charge in [0.2, 0.25) is 5.95 Å². The third kappa shape index (κ3) is 5.32. The lowest BCUT2D eigenvalue weighted by atomic mass is 10.0. The fraction of sp³-hybridized carbons (Fsp3) is 0. The quantitative estimate of drug-likeness (QED) is 0.173. The van der Waals surface area contributed by atoms with Crippen molar-refractivity contribution in [1.29, 1.82) is 0 Å². The third-order valence-electron chi connectivity index (χ3n) is 12.8. The van der Waals surface area contributed by atoms with Crippen LogP contribution in [0.5, 0.6) is 0 Å². The molecule has 0 amide bonds. The zero-order valence-electron chi connectivity index (χ0n) is 34.1. The molecule has 8 aromatic carbocycles. The van der Waals surface area contributed by atoms with Crippen LogP contribution in [0.4, 0.5) is 0 Å². The lowest BCUT2D eigenvalue weighted by molar-refractivity contribution is 0.996. The minimum atomic E-state index is 0.621. The molecule has 64 heavy (non-hydrogen) atoms. The molecule has 0 bridgehead atoms. The Bertz CT molecular complexity index is 4080. The predicted molar refractivity (Wildman–Crippen MR) is 271 cm³/mol. The summed E-state index contributed by atoms with van der Waals surface area (Å²) >= 11 is 3.66. The van der Waals surface area contributed by atoms with E-state index in [1.807, 2.05) is 28.7 Å². The average molecular weight is 852 g/mol. The van der Waals surface area contributed by atoms with Crippen molar-refractivity contribution in [3.8, 4) is 45.5 Å². The summed E-state index contributed by atoms with van der Waals surface area (Å²) in [6.45, 7) is 0. The maximum absolute atomic E-state index is 5.53. The molecular formula is C57H33N5S2. The molecule has 6 heterocycles. The fourth-order valence-corrected chi connectivity index (χ4v) is 12.1. The SMILES string of the molecule is c1ccc(-c2cccc(-n3c4ccccc4c4ccc5c(c6ccccc6n5-c5nc(-c6ccc7sc8ccccc8c7c6)cc(-c6ccc7sc8ccccc8c7c6)n5)c43)n2)cc1. The highest BCUT2D eigenvalue weighted by atomic mass is 32.1. The standard InChI is InChI=1S/C57H33N5S2/c1-2-13-34(14-3-1)44-19-12-24-54(58-44)62-47-20-8-4-15-37(47)40-27-28-49-55(56(40)62)41-18-5-9-21-48(41)61(49)57-59-45(35-25-29-52-42(31-35)38-16-6-10-22-50(38)63-52)33-46(60-57)36-26-30-53-43(32-36)39-17-7-11-23-51(39)64-53/h1-33H. The zero-order chi connectivity index (χ0) is 41.9. The van der Waals surface area contributed by atoms with E-state index in [2.05, 4.69) is 203 Å². The van der Waals surface area contributed by atoms with Crippen LogP contribution in [-0.2, 0) is 0 Å². The van der Waals surface area contributed by atoms with E-state index in [-0.39, 0.29) is 0 Å². The van der Waals surface area contributed by atoms with E-state index in [1.54, 1.807) is 0 Å². The molecule has 0 atom stereocenters. The lowest BCUT2D eigenvalue weighted by Gasteiger charge is -2.12. The van der Waals surface area contributed by atoms with Gasteiger partial charge in [0, 0.05) is 78.6 Å². The average Bonchev–Trinajstić information content (AvgIpc) is 4.11. The molecule has 0 saturated heterocycles. The summed E-state index contributed by atoms with van der Waals surface area (Å²) in [4.78, 5) is 16.4. The van der Waals surface area contributed by atoms with Crippen molar-refractivity contribution in [1.82, 2.24) is 24.1 Å². The normalized spacial score (nSPS) is 12.1. The van der Waals surface area contributed by atoms with Crippen molar-refractivity contribution in [3.63, 3.8) is 0 Å². The maximum atomic E-state index is 5.53. The van der Waals surface area contributed by atoms with Crippen molar-refractivity contribution >= 4 is 107 Å². The first-order chi connectivity index (χ1) is 31.7. The van der Waals surface area contributed by atoms with E-state index in [0.717, 1.165) is 72.4 Å².